The molecule has 0 aromatic heterocycles. The molecule has 1 fully saturated rings. The van der Waals surface area contributed by atoms with Gasteiger partial charge >= 0.3 is 12.1 Å². The van der Waals surface area contributed by atoms with Crippen LogP contribution in [0.25, 0.3) is 0 Å². The molecule has 47 heavy (non-hydrogen) atoms. The summed E-state index contributed by atoms with van der Waals surface area (Å²) >= 11 is 0. The van der Waals surface area contributed by atoms with E-state index in [0.717, 1.165) is 56.9 Å². The van der Waals surface area contributed by atoms with E-state index in [2.05, 4.69) is 52.0 Å². The van der Waals surface area contributed by atoms with Gasteiger partial charge in [0, 0.05) is 25.7 Å². The maximum absolute atomic E-state index is 13.3. The van der Waals surface area contributed by atoms with E-state index < -0.39 is 12.4 Å². The third kappa shape index (κ3) is 14.3. The topological polar surface area (TPSA) is 123 Å². The maximum Gasteiger partial charge on any atom is 0.404 e. The summed E-state index contributed by atoms with van der Waals surface area (Å²) < 4.78 is 30.5. The summed E-state index contributed by atoms with van der Waals surface area (Å²) in [6, 6.07) is 0. The van der Waals surface area contributed by atoms with Gasteiger partial charge in [0.15, 0.2) is 6.29 Å². The van der Waals surface area contributed by atoms with Gasteiger partial charge in [0.25, 0.3) is 0 Å². The van der Waals surface area contributed by atoms with Crippen molar-refractivity contribution < 1.29 is 38.1 Å². The number of carbonyl (C=O) groups is 3. The third-order valence-corrected chi connectivity index (χ3v) is 9.77. The van der Waals surface area contributed by atoms with E-state index in [1.807, 2.05) is 13.8 Å². The van der Waals surface area contributed by atoms with Crippen LogP contribution in [-0.2, 0) is 33.3 Å². The van der Waals surface area contributed by atoms with Gasteiger partial charge in [0.1, 0.15) is 18.0 Å². The zero-order chi connectivity index (χ0) is 34.3. The number of hydrogen-bond acceptors (Lipinski definition) is 8. The number of carbonyl (C=O) groups excluding carboxylic acids is 3. The number of nitrogens with two attached hydrogens (primary N) is 1. The van der Waals surface area contributed by atoms with Crippen LogP contribution in [0, 0.1) is 11.8 Å². The highest BCUT2D eigenvalue weighted by molar-refractivity contribution is 5.77. The number of esters is 1. The summed E-state index contributed by atoms with van der Waals surface area (Å²) in [7, 11) is 0. The van der Waals surface area contributed by atoms with Crippen LogP contribution in [0.2, 0.25) is 0 Å². The van der Waals surface area contributed by atoms with Crippen LogP contribution >= 0.6 is 0 Å². The van der Waals surface area contributed by atoms with E-state index in [9.17, 15) is 14.4 Å². The SMILES string of the molecule is CCC(=O)CCC(C)CCC1OC(=O)CC2CC=C(C)[C@H](O2)/C(C)=C/CCCC(OC2CC(OC(N)=O)CC(C)O2)/C=C/CC[C@H]1C. The highest BCUT2D eigenvalue weighted by Crippen LogP contribution is 2.30. The van der Waals surface area contributed by atoms with E-state index in [1.54, 1.807) is 0 Å². The molecule has 0 radical (unpaired) electrons. The van der Waals surface area contributed by atoms with Crippen molar-refractivity contribution in [3.63, 3.8) is 0 Å². The maximum atomic E-state index is 13.3. The lowest BCUT2D eigenvalue weighted by molar-refractivity contribution is -0.222. The Balaban J connectivity index is 1.74. The molecule has 0 aromatic carbocycles. The molecule has 2 N–H and O–H groups in total. The number of hydrogen-bond donors (Lipinski definition) is 1. The van der Waals surface area contributed by atoms with E-state index in [1.165, 1.54) is 5.57 Å². The van der Waals surface area contributed by atoms with Gasteiger partial charge in [0.2, 0.25) is 0 Å². The highest BCUT2D eigenvalue weighted by Gasteiger charge is 2.32. The summed E-state index contributed by atoms with van der Waals surface area (Å²) in [5.41, 5.74) is 7.60. The van der Waals surface area contributed by atoms with Gasteiger partial charge in [-0.3, -0.25) is 9.59 Å². The van der Waals surface area contributed by atoms with Crippen molar-refractivity contribution in [2.24, 2.45) is 17.6 Å². The van der Waals surface area contributed by atoms with Crippen LogP contribution in [0.1, 0.15) is 131 Å². The Morgan fingerprint density at radius 3 is 2.55 bits per heavy atom. The molecular weight excluding hydrogens is 598 g/mol. The monoisotopic (exact) mass is 659 g/mol. The van der Waals surface area contributed by atoms with Crippen molar-refractivity contribution in [3.8, 4) is 0 Å². The second-order valence-corrected chi connectivity index (χ2v) is 14.1. The van der Waals surface area contributed by atoms with Crippen LogP contribution in [-0.4, -0.2) is 60.8 Å². The lowest BCUT2D eigenvalue weighted by Crippen LogP contribution is -2.40. The van der Waals surface area contributed by atoms with Gasteiger partial charge < -0.3 is 29.4 Å². The van der Waals surface area contributed by atoms with Crippen molar-refractivity contribution in [2.45, 2.75) is 174 Å². The first-order chi connectivity index (χ1) is 22.4. The molecule has 3 aliphatic rings. The zero-order valence-corrected chi connectivity index (χ0v) is 29.7. The van der Waals surface area contributed by atoms with E-state index in [0.29, 0.717) is 43.8 Å². The number of allylic oxidation sites excluding steroid dienone is 2. The fourth-order valence-electron chi connectivity index (χ4n) is 6.77. The standard InChI is InChI=1S/C38H61NO8/c1-7-30(40)19-16-25(2)17-21-34-26(3)12-8-10-14-31(44-36-24-33(46-38(39)42)22-29(6)43-36)15-11-9-13-27(4)37-28(5)18-20-32(45-37)23-35(41)47-34/h10,13-14,18,25-26,29,31-34,36-37H,7-9,11-12,15-17,19-24H2,1-6H3,(H2,39,42)/b14-10+,27-13+/t25?,26-,29?,31?,32?,33?,34?,36?,37-/m1/s1. The minimum atomic E-state index is -0.779. The average Bonchev–Trinajstić information content (AvgIpc) is 3.01. The van der Waals surface area contributed by atoms with Gasteiger partial charge in [-0.15, -0.1) is 0 Å². The average molecular weight is 660 g/mol. The minimum Gasteiger partial charge on any atom is -0.462 e. The lowest BCUT2D eigenvalue weighted by Gasteiger charge is -2.34. The molecule has 0 saturated carbocycles. The predicted octanol–water partition coefficient (Wildman–Crippen LogP) is 8.04. The Morgan fingerprint density at radius 1 is 1.04 bits per heavy atom. The Labute approximate surface area is 283 Å². The minimum absolute atomic E-state index is 0.113. The van der Waals surface area contributed by atoms with Crippen molar-refractivity contribution in [2.75, 3.05) is 0 Å². The number of ether oxygens (including phenoxy) is 5. The predicted molar refractivity (Wildman–Crippen MR) is 183 cm³/mol. The summed E-state index contributed by atoms with van der Waals surface area (Å²) in [6.45, 7) is 12.4. The fraction of sp³-hybridized carbons (Fsp3) is 0.763. The smallest absolute Gasteiger partial charge is 0.404 e. The summed E-state index contributed by atoms with van der Waals surface area (Å²) in [6.07, 6.45) is 16.2. The van der Waals surface area contributed by atoms with Crippen molar-refractivity contribution in [1.82, 2.24) is 0 Å². The van der Waals surface area contributed by atoms with Crippen molar-refractivity contribution in [3.05, 3.63) is 35.5 Å². The number of rotatable bonds is 10. The van der Waals surface area contributed by atoms with Gasteiger partial charge in [0.05, 0.1) is 30.8 Å². The molecule has 3 rings (SSSR count). The summed E-state index contributed by atoms with van der Waals surface area (Å²) in [5, 5.41) is 0. The molecule has 0 aliphatic carbocycles. The van der Waals surface area contributed by atoms with Crippen molar-refractivity contribution in [1.29, 1.82) is 0 Å². The first-order valence-electron chi connectivity index (χ1n) is 18.1. The third-order valence-electron chi connectivity index (χ3n) is 9.77. The molecule has 1 saturated heterocycles. The molecule has 9 heteroatoms. The molecule has 7 unspecified atom stereocenters. The Bertz CT molecular complexity index is 1100. The van der Waals surface area contributed by atoms with Gasteiger partial charge in [-0.25, -0.2) is 4.79 Å². The second kappa shape index (κ2) is 20.1. The first kappa shape index (κ1) is 39.0. The molecule has 1 amide bonds. The van der Waals surface area contributed by atoms with E-state index >= 15 is 0 Å². The molecule has 3 aliphatic heterocycles. The summed E-state index contributed by atoms with van der Waals surface area (Å²) in [4.78, 5) is 36.5. The second-order valence-electron chi connectivity index (χ2n) is 14.1. The molecule has 0 spiro atoms. The first-order valence-corrected chi connectivity index (χ1v) is 18.1. The van der Waals surface area contributed by atoms with Gasteiger partial charge in [-0.1, -0.05) is 45.1 Å². The van der Waals surface area contributed by atoms with Crippen LogP contribution < -0.4 is 5.73 Å². The lowest BCUT2D eigenvalue weighted by atomic mass is 9.90. The van der Waals surface area contributed by atoms with Crippen LogP contribution in [0.4, 0.5) is 4.79 Å². The number of cyclic esters (lactones) is 1. The Kier molecular flexibility index (Phi) is 16.7. The quantitative estimate of drug-likeness (QED) is 0.185. The molecule has 266 valence electrons. The Morgan fingerprint density at radius 2 is 1.81 bits per heavy atom. The number of Topliss-reactive ketones (excluding diaryl/α,β-unsaturated/α-hetero) is 1. The van der Waals surface area contributed by atoms with E-state index in [4.69, 9.17) is 29.4 Å². The molecule has 0 aromatic rings. The van der Waals surface area contributed by atoms with Gasteiger partial charge in [-0.05, 0) is 102 Å². The molecule has 3 heterocycles. The Hall–Kier alpha value is -2.49. The number of primary amides is 1. The number of ketones is 1. The molecular formula is C38H61NO8. The number of fused-ring (bicyclic) bond motifs is 2. The van der Waals surface area contributed by atoms with Gasteiger partial charge in [-0.2, -0.15) is 0 Å². The van der Waals surface area contributed by atoms with E-state index in [-0.39, 0.29) is 54.9 Å². The van der Waals surface area contributed by atoms with Crippen molar-refractivity contribution >= 4 is 17.8 Å². The molecule has 9 atom stereocenters. The van der Waals surface area contributed by atoms with Crippen LogP contribution in [0.5, 0.6) is 0 Å². The highest BCUT2D eigenvalue weighted by atomic mass is 16.7. The number of amides is 1. The normalized spacial score (nSPS) is 34.0. The van der Waals surface area contributed by atoms with Crippen LogP contribution in [0.3, 0.4) is 0 Å². The zero-order valence-electron chi connectivity index (χ0n) is 29.7. The summed E-state index contributed by atoms with van der Waals surface area (Å²) in [5.74, 6) is 0.628. The molecule has 2 bridgehead atoms. The fourth-order valence-corrected chi connectivity index (χ4v) is 6.77. The largest absolute Gasteiger partial charge is 0.462 e. The van der Waals surface area contributed by atoms with Crippen LogP contribution in [0.15, 0.2) is 35.5 Å². The molecule has 9 nitrogen and oxygen atoms in total.